The molecule has 2 atom stereocenters. The number of esters is 1. The van der Waals surface area contributed by atoms with Crippen molar-refractivity contribution in [3.8, 4) is 0 Å². The molecule has 0 aliphatic carbocycles. The van der Waals surface area contributed by atoms with Crippen molar-refractivity contribution >= 4 is 24.8 Å². The molecule has 33 heavy (non-hydrogen) atoms. The van der Waals surface area contributed by atoms with Crippen molar-refractivity contribution in [1.29, 1.82) is 0 Å². The van der Waals surface area contributed by atoms with Crippen molar-refractivity contribution in [3.05, 3.63) is 41.8 Å². The highest BCUT2D eigenvalue weighted by molar-refractivity contribution is 6.43. The van der Waals surface area contributed by atoms with Gasteiger partial charge in [0.1, 0.15) is 6.04 Å². The Balaban J connectivity index is 0.000000365. The van der Waals surface area contributed by atoms with Crippen LogP contribution in [0.1, 0.15) is 32.8 Å². The number of carbonyl (C=O) groups is 2. The third-order valence-corrected chi connectivity index (χ3v) is 5.13. The van der Waals surface area contributed by atoms with Gasteiger partial charge in [-0.3, -0.25) is 0 Å². The molecule has 10 nitrogen and oxygen atoms in total. The lowest BCUT2D eigenvalue weighted by Gasteiger charge is -2.35. The monoisotopic (exact) mass is 462 g/mol. The Bertz CT molecular complexity index is 827. The lowest BCUT2D eigenvalue weighted by molar-refractivity contribution is -0.140. The lowest BCUT2D eigenvalue weighted by Crippen LogP contribution is -2.49. The number of amides is 2. The number of ether oxygens (including phenoxy) is 2. The number of carbonyl (C=O) groups excluding carboxylic acids is 2. The first-order chi connectivity index (χ1) is 15.6. The van der Waals surface area contributed by atoms with E-state index in [9.17, 15) is 9.59 Å². The predicted octanol–water partition coefficient (Wildman–Crippen LogP) is 0.605. The minimum Gasteiger partial charge on any atom is -0.426 e. The zero-order valence-electron chi connectivity index (χ0n) is 19.5. The predicted molar refractivity (Wildman–Crippen MR) is 126 cm³/mol. The number of rotatable bonds is 5. The van der Waals surface area contributed by atoms with Gasteiger partial charge in [-0.05, 0) is 43.4 Å². The third-order valence-electron chi connectivity index (χ3n) is 5.13. The number of anilines is 1. The van der Waals surface area contributed by atoms with E-state index in [1.165, 1.54) is 4.90 Å². The summed E-state index contributed by atoms with van der Waals surface area (Å²) in [5.74, 6) is -0.431. The summed E-state index contributed by atoms with van der Waals surface area (Å²) in [6, 6.07) is 6.59. The first-order valence-electron chi connectivity index (χ1n) is 11.2. The zero-order chi connectivity index (χ0) is 24.5. The van der Waals surface area contributed by atoms with Crippen molar-refractivity contribution in [2.75, 3.05) is 31.2 Å². The molecule has 3 rings (SSSR count). The Morgan fingerprint density at radius 2 is 1.79 bits per heavy atom. The highest BCUT2D eigenvalue weighted by Gasteiger charge is 2.32. The normalized spacial score (nSPS) is 17.3. The fraction of sp³-hybridized carbons (Fsp3) is 0.545. The van der Waals surface area contributed by atoms with E-state index in [1.807, 2.05) is 38.1 Å². The highest BCUT2D eigenvalue weighted by atomic mass is 16.6. The molecule has 11 heteroatoms. The van der Waals surface area contributed by atoms with Crippen LogP contribution in [0.15, 0.2) is 36.2 Å². The minimum atomic E-state index is -1.37. The van der Waals surface area contributed by atoms with Gasteiger partial charge in [-0.15, -0.1) is 0 Å². The number of para-hydroxylation sites is 1. The minimum absolute atomic E-state index is 0.215. The van der Waals surface area contributed by atoms with Crippen molar-refractivity contribution in [2.45, 2.75) is 45.6 Å². The number of benzene rings is 1. The number of morpholine rings is 1. The summed E-state index contributed by atoms with van der Waals surface area (Å²) < 4.78 is 10.7. The summed E-state index contributed by atoms with van der Waals surface area (Å²) in [5.41, 5.74) is 12.6. The quantitative estimate of drug-likeness (QED) is 0.367. The molecule has 1 fully saturated rings. The van der Waals surface area contributed by atoms with Gasteiger partial charge in [0.25, 0.3) is 0 Å². The van der Waals surface area contributed by atoms with E-state index in [4.69, 9.17) is 31.0 Å². The van der Waals surface area contributed by atoms with Gasteiger partial charge in [0, 0.05) is 19.0 Å². The molecule has 0 bridgehead atoms. The van der Waals surface area contributed by atoms with E-state index in [0.717, 1.165) is 11.3 Å². The summed E-state index contributed by atoms with van der Waals surface area (Å²) in [6.45, 7) is 7.54. The van der Waals surface area contributed by atoms with E-state index >= 15 is 0 Å². The van der Waals surface area contributed by atoms with E-state index in [2.05, 4.69) is 0 Å². The maximum Gasteiger partial charge on any atom is 0.469 e. The average Bonchev–Trinajstić information content (AvgIpc) is 2.79. The molecule has 0 saturated carbocycles. The molecule has 2 amide bonds. The van der Waals surface area contributed by atoms with Gasteiger partial charge in [0.2, 0.25) is 5.88 Å². The Kier molecular flexibility index (Phi) is 10.3. The highest BCUT2D eigenvalue weighted by Crippen LogP contribution is 2.31. The summed E-state index contributed by atoms with van der Waals surface area (Å²) in [7, 11) is -1.37. The van der Waals surface area contributed by atoms with Gasteiger partial charge < -0.3 is 35.9 Å². The van der Waals surface area contributed by atoms with E-state index in [1.54, 1.807) is 17.9 Å². The van der Waals surface area contributed by atoms with Crippen molar-refractivity contribution < 1.29 is 29.1 Å². The van der Waals surface area contributed by atoms with Crippen LogP contribution < -0.4 is 16.4 Å². The summed E-state index contributed by atoms with van der Waals surface area (Å²) >= 11 is 0. The molecule has 1 saturated heterocycles. The topological polar surface area (TPSA) is 152 Å². The number of fused-ring (bicyclic) bond motifs is 1. The molecule has 2 aliphatic heterocycles. The molecular weight excluding hydrogens is 427 g/mol. The smallest absolute Gasteiger partial charge is 0.426 e. The van der Waals surface area contributed by atoms with Gasteiger partial charge in [0.15, 0.2) is 0 Å². The fourth-order valence-corrected chi connectivity index (χ4v) is 3.35. The van der Waals surface area contributed by atoms with Crippen molar-refractivity contribution in [2.24, 2.45) is 17.4 Å². The Hall–Kier alpha value is -2.44. The summed E-state index contributed by atoms with van der Waals surface area (Å²) in [4.78, 5) is 28.1. The van der Waals surface area contributed by atoms with Crippen molar-refractivity contribution in [1.82, 2.24) is 4.90 Å². The number of hydrogen-bond acceptors (Lipinski definition) is 8. The summed E-state index contributed by atoms with van der Waals surface area (Å²) in [5, 5.41) is 17.0. The molecule has 6 N–H and O–H groups in total. The molecule has 2 aliphatic rings. The maximum atomic E-state index is 13.0. The van der Waals surface area contributed by atoms with Crippen LogP contribution in [0, 0.1) is 5.92 Å². The van der Waals surface area contributed by atoms with Crippen LogP contribution in [-0.2, 0) is 20.7 Å². The van der Waals surface area contributed by atoms with Crippen LogP contribution in [-0.4, -0.2) is 72.4 Å². The summed E-state index contributed by atoms with van der Waals surface area (Å²) in [6.07, 6.45) is 2.98. The molecule has 0 unspecified atom stereocenters. The third kappa shape index (κ3) is 7.83. The molecular formula is C22H35BN4O6. The number of urea groups is 1. The largest absolute Gasteiger partial charge is 0.469 e. The fourth-order valence-electron chi connectivity index (χ4n) is 3.35. The average molecular weight is 462 g/mol. The van der Waals surface area contributed by atoms with E-state index in [0.29, 0.717) is 45.1 Å². The van der Waals surface area contributed by atoms with E-state index in [-0.39, 0.29) is 11.9 Å². The van der Waals surface area contributed by atoms with Crippen LogP contribution in [0.25, 0.3) is 0 Å². The second-order valence-electron chi connectivity index (χ2n) is 8.51. The molecule has 1 aromatic carbocycles. The molecule has 1 aromatic rings. The molecule has 182 valence electrons. The van der Waals surface area contributed by atoms with Crippen molar-refractivity contribution in [3.63, 3.8) is 0 Å². The first-order valence-corrected chi connectivity index (χ1v) is 11.2. The Morgan fingerprint density at radius 3 is 2.33 bits per heavy atom. The number of hydrogen-bond donors (Lipinski definition) is 4. The van der Waals surface area contributed by atoms with Crippen LogP contribution in [0.2, 0.25) is 0 Å². The number of nitrogens with two attached hydrogens (primary N) is 2. The van der Waals surface area contributed by atoms with Gasteiger partial charge >= 0.3 is 19.1 Å². The van der Waals surface area contributed by atoms with Crippen LogP contribution in [0.5, 0.6) is 0 Å². The van der Waals surface area contributed by atoms with Gasteiger partial charge in [0.05, 0.1) is 18.9 Å². The molecule has 2 heterocycles. The molecule has 0 aromatic heterocycles. The van der Waals surface area contributed by atoms with Crippen LogP contribution in [0.3, 0.4) is 0 Å². The van der Waals surface area contributed by atoms with Crippen LogP contribution >= 0.6 is 0 Å². The lowest BCUT2D eigenvalue weighted by atomic mass is 9.76. The first kappa shape index (κ1) is 26.8. The van der Waals surface area contributed by atoms with Gasteiger partial charge in [-0.2, -0.15) is 0 Å². The number of nitrogens with zero attached hydrogens (tertiary/aromatic N) is 2. The Morgan fingerprint density at radius 1 is 1.15 bits per heavy atom. The molecule has 0 radical (unpaired) electrons. The SMILES string of the molecule is CC(C)C[C@H](N)B(O)O.C[C@H](N)C(=O)OC1=CCc2ccccc2N1C(=O)N1CCOCC1. The maximum absolute atomic E-state index is 13.0. The standard InChI is InChI=1S/C17H21N3O4.C5H14BNO2/c1-12(18)16(21)24-15-7-6-13-4-2-3-5-14(13)20(15)17(22)19-8-10-23-11-9-19;1-4(2)3-5(7)6(8)9/h2-5,7,12H,6,8-11,18H2,1H3;4-5,8-9H,3,7H2,1-2H3/t12-;5-/m00/s1. The Labute approximate surface area is 195 Å². The second-order valence-corrected chi connectivity index (χ2v) is 8.51. The number of allylic oxidation sites excluding steroid dienone is 1. The van der Waals surface area contributed by atoms with E-state index < -0.39 is 25.1 Å². The van der Waals surface area contributed by atoms with Gasteiger partial charge in [-0.1, -0.05) is 32.0 Å². The second kappa shape index (κ2) is 12.7. The molecule has 0 spiro atoms. The van der Waals surface area contributed by atoms with Crippen LogP contribution in [0.4, 0.5) is 10.5 Å². The van der Waals surface area contributed by atoms with Gasteiger partial charge in [-0.25, -0.2) is 14.5 Å². The zero-order valence-corrected chi connectivity index (χ0v) is 19.5.